The Morgan fingerprint density at radius 2 is 0.889 bits per heavy atom. The summed E-state index contributed by atoms with van der Waals surface area (Å²) in [4.78, 5) is 0. The van der Waals surface area contributed by atoms with E-state index in [1.54, 1.807) is 0 Å². The molecule has 0 spiro atoms. The molecule has 11 aromatic carbocycles. The van der Waals surface area contributed by atoms with E-state index in [1.165, 1.54) is 128 Å². The van der Waals surface area contributed by atoms with Crippen molar-refractivity contribution in [3.05, 3.63) is 325 Å². The van der Waals surface area contributed by atoms with Crippen LogP contribution in [0.5, 0.6) is 0 Å². The Bertz CT molecular complexity index is 3950. The van der Waals surface area contributed by atoms with Crippen LogP contribution in [-0.2, 0) is 17.3 Å². The van der Waals surface area contributed by atoms with Crippen LogP contribution >= 0.6 is 20.7 Å². The molecule has 1 unspecified atom stereocenters. The fraction of sp³-hybridized carbons (Fsp3) is 0.0563. The quantitative estimate of drug-likeness (QED) is 0.133. The highest BCUT2D eigenvalue weighted by Crippen LogP contribution is 2.59. The SMILES string of the molecule is Cc1ccc(C2(c3ccc(Cc4ccc5cc(-c6cccc7c6-c6ccccc6C7(c6ccccc6)c6ccccc6)ccc5c4)cc3)c3ccccc3-c3ccc(-c4ccc5c(c4)C=CI=C5)cc32)cc1. The molecular weight excluding hydrogens is 980 g/mol. The maximum Gasteiger partial charge on any atom is 0.0713 e. The zero-order valence-electron chi connectivity index (χ0n) is 40.0. The molecule has 0 aromatic heterocycles. The average Bonchev–Trinajstić information content (AvgIpc) is 3.92. The lowest BCUT2D eigenvalue weighted by Gasteiger charge is -2.34. The molecule has 1 aliphatic heterocycles. The summed E-state index contributed by atoms with van der Waals surface area (Å²) in [6.07, 6.45) is 3.17. The molecule has 0 saturated carbocycles. The van der Waals surface area contributed by atoms with Crippen molar-refractivity contribution in [2.24, 2.45) is 0 Å². The number of hydrogen-bond donors (Lipinski definition) is 0. The van der Waals surface area contributed by atoms with E-state index in [1.807, 2.05) is 0 Å². The van der Waals surface area contributed by atoms with E-state index in [-0.39, 0.29) is 20.7 Å². The minimum atomic E-state index is -0.479. The minimum absolute atomic E-state index is 0.00143. The lowest BCUT2D eigenvalue weighted by molar-refractivity contribution is 0.767. The van der Waals surface area contributed by atoms with Gasteiger partial charge in [0.2, 0.25) is 0 Å². The van der Waals surface area contributed by atoms with E-state index in [9.17, 15) is 0 Å². The first-order chi connectivity index (χ1) is 35.6. The Kier molecular flexibility index (Phi) is 10.2. The second kappa shape index (κ2) is 17.1. The average molecular weight is 1030 g/mol. The number of hydrogen-bond acceptors (Lipinski definition) is 0. The maximum atomic E-state index is 2.49. The summed E-state index contributed by atoms with van der Waals surface area (Å²) >= 11 is 0.00143. The summed E-state index contributed by atoms with van der Waals surface area (Å²) in [5.74, 6) is 0. The number of benzene rings is 11. The van der Waals surface area contributed by atoms with Crippen molar-refractivity contribution in [2.45, 2.75) is 24.2 Å². The van der Waals surface area contributed by atoms with Gasteiger partial charge in [0.15, 0.2) is 0 Å². The lowest BCUT2D eigenvalue weighted by Crippen LogP contribution is -2.28. The first kappa shape index (κ1) is 42.9. The van der Waals surface area contributed by atoms with Crippen LogP contribution in [0, 0.1) is 6.92 Å². The van der Waals surface area contributed by atoms with Gasteiger partial charge in [-0.3, -0.25) is 0 Å². The van der Waals surface area contributed by atoms with Crippen molar-refractivity contribution in [1.82, 2.24) is 0 Å². The summed E-state index contributed by atoms with van der Waals surface area (Å²) in [5, 5.41) is 2.50. The fourth-order valence-electron chi connectivity index (χ4n) is 12.7. The predicted octanol–water partition coefficient (Wildman–Crippen LogP) is 17.9. The predicted molar refractivity (Wildman–Crippen MR) is 312 cm³/mol. The monoisotopic (exact) mass is 1030 g/mol. The molecule has 0 fully saturated rings. The third-order valence-electron chi connectivity index (χ3n) is 15.9. The molecule has 1 heterocycles. The summed E-state index contributed by atoms with van der Waals surface area (Å²) in [6, 6.07) is 94.4. The maximum absolute atomic E-state index is 2.49. The van der Waals surface area contributed by atoms with Gasteiger partial charge in [-0.15, -0.1) is 0 Å². The molecule has 0 nitrogen and oxygen atoms in total. The second-order valence-electron chi connectivity index (χ2n) is 19.8. The zero-order chi connectivity index (χ0) is 47.8. The molecule has 2 aliphatic carbocycles. The first-order valence-electron chi connectivity index (χ1n) is 25.1. The highest BCUT2D eigenvalue weighted by atomic mass is 127. The normalized spacial score (nSPS) is 15.5. The fourth-order valence-corrected chi connectivity index (χ4v) is 14.4. The molecule has 0 amide bonds. The molecule has 1 heteroatoms. The van der Waals surface area contributed by atoms with Gasteiger partial charge in [-0.25, -0.2) is 0 Å². The molecule has 340 valence electrons. The summed E-state index contributed by atoms with van der Waals surface area (Å²) < 4.78 is 4.79. The topological polar surface area (TPSA) is 0 Å². The van der Waals surface area contributed by atoms with Gasteiger partial charge in [-0.2, -0.15) is 0 Å². The molecule has 0 N–H and O–H groups in total. The second-order valence-corrected chi connectivity index (χ2v) is 21.9. The van der Waals surface area contributed by atoms with Crippen molar-refractivity contribution in [3.8, 4) is 44.5 Å². The standard InChI is InChI=1S/C71H49I/c1-47-23-34-59(35-24-47)71(65-20-10-8-17-62(65)63-38-33-53(45-68(63)71)52-30-32-56-46-72-40-39-54(56)43-52)60-36-26-48(27-37-60)41-49-25-28-51-44-55(31-29-50(51)42-49)61-19-12-22-67-69(61)64-18-9-11-21-66(64)70(67,57-13-4-2-5-14-57)58-15-6-3-7-16-58/h2-40,42-46H,41H2,1H3. The van der Waals surface area contributed by atoms with Crippen molar-refractivity contribution in [2.75, 3.05) is 0 Å². The van der Waals surface area contributed by atoms with E-state index in [0.717, 1.165) is 6.42 Å². The summed E-state index contributed by atoms with van der Waals surface area (Å²) in [5.41, 5.74) is 26.4. The van der Waals surface area contributed by atoms with Crippen LogP contribution in [0.25, 0.3) is 61.4 Å². The third-order valence-corrected chi connectivity index (χ3v) is 17.7. The van der Waals surface area contributed by atoms with Crippen LogP contribution in [0.4, 0.5) is 0 Å². The van der Waals surface area contributed by atoms with E-state index in [4.69, 9.17) is 0 Å². The summed E-state index contributed by atoms with van der Waals surface area (Å²) in [7, 11) is 0. The van der Waals surface area contributed by atoms with Gasteiger partial charge in [-0.1, -0.05) is 257 Å². The van der Waals surface area contributed by atoms with Gasteiger partial charge < -0.3 is 0 Å². The molecule has 0 saturated heterocycles. The number of rotatable bonds is 8. The Morgan fingerprint density at radius 3 is 1.65 bits per heavy atom. The third kappa shape index (κ3) is 6.60. The van der Waals surface area contributed by atoms with Gasteiger partial charge in [-0.05, 0) is 168 Å². The molecule has 72 heavy (non-hydrogen) atoms. The smallest absolute Gasteiger partial charge is 0.0713 e. The van der Waals surface area contributed by atoms with Crippen LogP contribution in [0.2, 0.25) is 0 Å². The van der Waals surface area contributed by atoms with E-state index in [2.05, 4.69) is 270 Å². The van der Waals surface area contributed by atoms with E-state index >= 15 is 0 Å². The van der Waals surface area contributed by atoms with Crippen molar-refractivity contribution in [1.29, 1.82) is 0 Å². The minimum Gasteiger partial charge on any atom is -0.0931 e. The molecule has 1 atom stereocenters. The van der Waals surface area contributed by atoms with Crippen molar-refractivity contribution >= 4 is 41.6 Å². The zero-order valence-corrected chi connectivity index (χ0v) is 42.1. The van der Waals surface area contributed by atoms with Crippen LogP contribution in [0.1, 0.15) is 72.3 Å². The van der Waals surface area contributed by atoms with Crippen molar-refractivity contribution in [3.63, 3.8) is 0 Å². The Labute approximate surface area is 432 Å². The van der Waals surface area contributed by atoms with E-state index in [0.29, 0.717) is 0 Å². The molecule has 0 bridgehead atoms. The Morgan fingerprint density at radius 1 is 0.347 bits per heavy atom. The molecule has 3 aliphatic rings. The Balaban J connectivity index is 0.823. The Hall–Kier alpha value is -7.98. The van der Waals surface area contributed by atoms with Crippen LogP contribution in [-0.4, -0.2) is 4.01 Å². The molecular formula is C71H49I. The van der Waals surface area contributed by atoms with Crippen LogP contribution < -0.4 is 0 Å². The summed E-state index contributed by atoms with van der Waals surface area (Å²) in [6.45, 7) is 2.19. The molecule has 0 radical (unpaired) electrons. The number of halogens is 1. The van der Waals surface area contributed by atoms with Crippen molar-refractivity contribution < 1.29 is 0 Å². The largest absolute Gasteiger partial charge is 0.0931 e. The first-order valence-corrected chi connectivity index (χ1v) is 27.6. The van der Waals surface area contributed by atoms with Gasteiger partial charge >= 0.3 is 0 Å². The molecule has 14 rings (SSSR count). The highest BCUT2D eigenvalue weighted by molar-refractivity contribution is 14.2. The van der Waals surface area contributed by atoms with Crippen LogP contribution in [0.3, 0.4) is 0 Å². The van der Waals surface area contributed by atoms with Gasteiger partial charge in [0, 0.05) is 0 Å². The van der Waals surface area contributed by atoms with Crippen LogP contribution in [0.15, 0.2) is 253 Å². The van der Waals surface area contributed by atoms with Gasteiger partial charge in [0.25, 0.3) is 0 Å². The number of fused-ring (bicyclic) bond motifs is 8. The lowest BCUT2D eigenvalue weighted by atomic mass is 9.67. The van der Waals surface area contributed by atoms with Gasteiger partial charge in [0.05, 0.1) is 10.8 Å². The number of aryl methyl sites for hydroxylation is 1. The van der Waals surface area contributed by atoms with Gasteiger partial charge in [0.1, 0.15) is 0 Å². The highest BCUT2D eigenvalue weighted by Gasteiger charge is 2.48. The van der Waals surface area contributed by atoms with E-state index < -0.39 is 10.8 Å². The molecule has 11 aromatic rings.